The lowest BCUT2D eigenvalue weighted by Gasteiger charge is -2.11. The van der Waals surface area contributed by atoms with Crippen LogP contribution in [0.15, 0.2) is 41.3 Å². The second-order valence-electron chi connectivity index (χ2n) is 5.80. The molecular weight excluding hydrogens is 443 g/mol. The number of aromatic nitrogens is 2. The van der Waals surface area contributed by atoms with Gasteiger partial charge in [-0.3, -0.25) is 0 Å². The van der Waals surface area contributed by atoms with E-state index in [0.717, 1.165) is 17.0 Å². The molecule has 4 nitrogen and oxygen atoms in total. The van der Waals surface area contributed by atoms with Gasteiger partial charge in [-0.05, 0) is 36.4 Å². The summed E-state index contributed by atoms with van der Waals surface area (Å²) in [7, 11) is -4.03. The third-order valence-electron chi connectivity index (χ3n) is 3.80. The number of sulfone groups is 1. The van der Waals surface area contributed by atoms with Gasteiger partial charge >= 0.3 is 0 Å². The van der Waals surface area contributed by atoms with Gasteiger partial charge in [-0.15, -0.1) is 0 Å². The van der Waals surface area contributed by atoms with Crippen LogP contribution in [0.1, 0.15) is 12.1 Å². The minimum atomic E-state index is -4.03. The molecule has 1 heterocycles. The zero-order chi connectivity index (χ0) is 20.8. The SMILES string of the molecule is CS(=O)(=O)c1cc(F)c(-c2cc(C(F)F)nn2-c2ccc(Cl)c(Cl)c2)cc1F. The molecule has 11 heteroatoms. The topological polar surface area (TPSA) is 52.0 Å². The van der Waals surface area contributed by atoms with Crippen LogP contribution in [-0.2, 0) is 9.84 Å². The van der Waals surface area contributed by atoms with Gasteiger partial charge in [0, 0.05) is 11.8 Å². The van der Waals surface area contributed by atoms with Crippen molar-refractivity contribution in [2.75, 3.05) is 6.26 Å². The monoisotopic (exact) mass is 452 g/mol. The molecule has 0 aliphatic heterocycles. The third-order valence-corrected chi connectivity index (χ3v) is 5.65. The first-order chi connectivity index (χ1) is 13.0. The van der Waals surface area contributed by atoms with Crippen LogP contribution in [0, 0.1) is 11.6 Å². The Morgan fingerprint density at radius 3 is 2.25 bits per heavy atom. The Balaban J connectivity index is 2.27. The first-order valence-corrected chi connectivity index (χ1v) is 10.2. The van der Waals surface area contributed by atoms with E-state index in [4.69, 9.17) is 23.2 Å². The van der Waals surface area contributed by atoms with E-state index in [0.29, 0.717) is 12.1 Å². The smallest absolute Gasteiger partial charge is 0.232 e. The Hall–Kier alpha value is -2.10. The molecule has 3 rings (SSSR count). The highest BCUT2D eigenvalue weighted by Gasteiger charge is 2.24. The summed E-state index contributed by atoms with van der Waals surface area (Å²) in [5.74, 6) is -2.34. The first kappa shape index (κ1) is 20.6. The molecule has 0 saturated heterocycles. The number of hydrogen-bond donors (Lipinski definition) is 0. The summed E-state index contributed by atoms with van der Waals surface area (Å²) >= 11 is 11.8. The Labute approximate surface area is 167 Å². The summed E-state index contributed by atoms with van der Waals surface area (Å²) in [5, 5.41) is 4.02. The third kappa shape index (κ3) is 3.87. The molecule has 1 aromatic heterocycles. The van der Waals surface area contributed by atoms with Gasteiger partial charge in [0.2, 0.25) is 0 Å². The van der Waals surface area contributed by atoms with E-state index in [2.05, 4.69) is 5.10 Å². The standard InChI is InChI=1S/C17H10Cl2F4N2O2S/c1-28(26,27)16-6-12(20)9(5-13(16)21)15-7-14(17(22)23)24-25(15)8-2-3-10(18)11(19)4-8/h2-7,17H,1H3. The highest BCUT2D eigenvalue weighted by Crippen LogP contribution is 2.33. The van der Waals surface area contributed by atoms with Crippen LogP contribution < -0.4 is 0 Å². The minimum absolute atomic E-state index is 0.0956. The molecule has 148 valence electrons. The van der Waals surface area contributed by atoms with Crippen LogP contribution in [0.3, 0.4) is 0 Å². The van der Waals surface area contributed by atoms with E-state index in [1.807, 2.05) is 0 Å². The summed E-state index contributed by atoms with van der Waals surface area (Å²) in [4.78, 5) is -0.844. The van der Waals surface area contributed by atoms with Gasteiger partial charge in [-0.25, -0.2) is 30.7 Å². The number of nitrogens with zero attached hydrogens (tertiary/aromatic N) is 2. The lowest BCUT2D eigenvalue weighted by molar-refractivity contribution is 0.145. The molecule has 0 fully saturated rings. The van der Waals surface area contributed by atoms with Crippen LogP contribution in [0.5, 0.6) is 0 Å². The molecule has 0 unspecified atom stereocenters. The largest absolute Gasteiger partial charge is 0.282 e. The predicted molar refractivity (Wildman–Crippen MR) is 97.0 cm³/mol. The summed E-state index contributed by atoms with van der Waals surface area (Å²) < 4.78 is 79.2. The second kappa shape index (κ2) is 7.38. The highest BCUT2D eigenvalue weighted by atomic mass is 35.5. The van der Waals surface area contributed by atoms with E-state index < -0.39 is 44.1 Å². The fourth-order valence-electron chi connectivity index (χ4n) is 2.52. The van der Waals surface area contributed by atoms with Crippen molar-refractivity contribution in [3.05, 3.63) is 63.8 Å². The van der Waals surface area contributed by atoms with Crippen molar-refractivity contribution in [1.29, 1.82) is 0 Å². The molecule has 0 aliphatic rings. The molecule has 28 heavy (non-hydrogen) atoms. The maximum atomic E-state index is 14.6. The predicted octanol–water partition coefficient (Wildman–Crippen LogP) is 5.47. The van der Waals surface area contributed by atoms with Crippen molar-refractivity contribution < 1.29 is 26.0 Å². The van der Waals surface area contributed by atoms with Crippen LogP contribution in [0.4, 0.5) is 17.6 Å². The molecule has 0 N–H and O–H groups in total. The van der Waals surface area contributed by atoms with Crippen molar-refractivity contribution >= 4 is 33.0 Å². The van der Waals surface area contributed by atoms with Crippen LogP contribution >= 0.6 is 23.2 Å². The molecule has 0 spiro atoms. The number of rotatable bonds is 4. The quantitative estimate of drug-likeness (QED) is 0.493. The molecule has 0 bridgehead atoms. The maximum absolute atomic E-state index is 14.6. The van der Waals surface area contributed by atoms with Gasteiger partial charge in [-0.2, -0.15) is 5.10 Å². The van der Waals surface area contributed by atoms with Crippen molar-refractivity contribution in [2.45, 2.75) is 11.3 Å². The normalized spacial score (nSPS) is 12.0. The average molecular weight is 453 g/mol. The molecular formula is C17H10Cl2F4N2O2S. The van der Waals surface area contributed by atoms with Crippen molar-refractivity contribution in [2.24, 2.45) is 0 Å². The second-order valence-corrected chi connectivity index (χ2v) is 8.60. The lowest BCUT2D eigenvalue weighted by Crippen LogP contribution is -2.05. The van der Waals surface area contributed by atoms with Gasteiger partial charge < -0.3 is 0 Å². The Kier molecular flexibility index (Phi) is 5.44. The maximum Gasteiger partial charge on any atom is 0.282 e. The zero-order valence-electron chi connectivity index (χ0n) is 13.9. The summed E-state index contributed by atoms with van der Waals surface area (Å²) in [5.41, 5.74) is -1.18. The van der Waals surface area contributed by atoms with Crippen LogP contribution in [-0.4, -0.2) is 24.5 Å². The zero-order valence-corrected chi connectivity index (χ0v) is 16.3. The van der Waals surface area contributed by atoms with Gasteiger partial charge in [0.1, 0.15) is 22.2 Å². The minimum Gasteiger partial charge on any atom is -0.232 e. The molecule has 0 radical (unpaired) electrons. The molecule has 2 aromatic carbocycles. The number of benzene rings is 2. The van der Waals surface area contributed by atoms with E-state index in [1.54, 1.807) is 0 Å². The van der Waals surface area contributed by atoms with Crippen molar-refractivity contribution in [3.8, 4) is 16.9 Å². The lowest BCUT2D eigenvalue weighted by atomic mass is 10.1. The Bertz CT molecular complexity index is 1180. The Morgan fingerprint density at radius 2 is 1.68 bits per heavy atom. The van der Waals surface area contributed by atoms with Crippen LogP contribution in [0.2, 0.25) is 10.0 Å². The fraction of sp³-hybridized carbons (Fsp3) is 0.118. The first-order valence-electron chi connectivity index (χ1n) is 7.52. The van der Waals surface area contributed by atoms with Gasteiger partial charge in [0.05, 0.1) is 21.4 Å². The van der Waals surface area contributed by atoms with Crippen molar-refractivity contribution in [1.82, 2.24) is 9.78 Å². The molecule has 0 amide bonds. The summed E-state index contributed by atoms with van der Waals surface area (Å²) in [6.45, 7) is 0. The Morgan fingerprint density at radius 1 is 1.00 bits per heavy atom. The summed E-state index contributed by atoms with van der Waals surface area (Å²) in [6.07, 6.45) is -2.26. The highest BCUT2D eigenvalue weighted by molar-refractivity contribution is 7.90. The fourth-order valence-corrected chi connectivity index (χ4v) is 3.54. The number of halogens is 6. The van der Waals surface area contributed by atoms with E-state index in [-0.39, 0.29) is 21.4 Å². The van der Waals surface area contributed by atoms with Crippen LogP contribution in [0.25, 0.3) is 16.9 Å². The molecule has 0 saturated carbocycles. The van der Waals surface area contributed by atoms with Gasteiger partial charge in [0.25, 0.3) is 6.43 Å². The molecule has 0 aliphatic carbocycles. The summed E-state index contributed by atoms with van der Waals surface area (Å²) in [6, 6.07) is 6.09. The number of hydrogen-bond acceptors (Lipinski definition) is 3. The van der Waals surface area contributed by atoms with E-state index in [9.17, 15) is 26.0 Å². The molecule has 3 aromatic rings. The average Bonchev–Trinajstić information content (AvgIpc) is 3.03. The van der Waals surface area contributed by atoms with E-state index >= 15 is 0 Å². The van der Waals surface area contributed by atoms with Gasteiger partial charge in [0.15, 0.2) is 9.84 Å². The van der Waals surface area contributed by atoms with Crippen molar-refractivity contribution in [3.63, 3.8) is 0 Å². The number of alkyl halides is 2. The van der Waals surface area contributed by atoms with E-state index in [1.165, 1.54) is 18.2 Å². The van der Waals surface area contributed by atoms with Gasteiger partial charge in [-0.1, -0.05) is 23.2 Å². The molecule has 0 atom stereocenters.